The van der Waals surface area contributed by atoms with E-state index in [9.17, 15) is 22.8 Å². The van der Waals surface area contributed by atoms with Gasteiger partial charge >= 0.3 is 0 Å². The lowest BCUT2D eigenvalue weighted by molar-refractivity contribution is -0.140. The summed E-state index contributed by atoms with van der Waals surface area (Å²) in [6, 6.07) is 12.0. The number of carbonyl (C=O) groups excluding carboxylic acids is 3. The quantitative estimate of drug-likeness (QED) is 0.278. The van der Waals surface area contributed by atoms with Crippen LogP contribution in [0.25, 0.3) is 0 Å². The van der Waals surface area contributed by atoms with Crippen LogP contribution in [0.15, 0.2) is 48.5 Å². The second kappa shape index (κ2) is 14.9. The Balaban J connectivity index is 1.46. The van der Waals surface area contributed by atoms with Crippen molar-refractivity contribution in [3.63, 3.8) is 0 Å². The monoisotopic (exact) mass is 618 g/mol. The first-order valence-electron chi connectivity index (χ1n) is 14.2. The van der Waals surface area contributed by atoms with Gasteiger partial charge in [0.05, 0.1) is 5.75 Å². The number of sulfonamides is 1. The maximum atomic E-state index is 13.8. The molecule has 2 unspecified atom stereocenters. The first kappa shape index (κ1) is 31.9. The van der Waals surface area contributed by atoms with E-state index < -0.39 is 28.0 Å². The van der Waals surface area contributed by atoms with Crippen molar-refractivity contribution >= 4 is 39.3 Å². The minimum absolute atomic E-state index is 0.00555. The van der Waals surface area contributed by atoms with Crippen molar-refractivity contribution in [2.24, 2.45) is 5.73 Å². The van der Waals surface area contributed by atoms with Gasteiger partial charge in [0.2, 0.25) is 27.7 Å². The second-order valence-corrected chi connectivity index (χ2v) is 12.8. The molecule has 0 aliphatic carbocycles. The van der Waals surface area contributed by atoms with E-state index in [-0.39, 0.29) is 43.5 Å². The summed E-state index contributed by atoms with van der Waals surface area (Å²) in [6.45, 7) is 3.28. The Kier molecular flexibility index (Phi) is 11.3. The number of amides is 3. The zero-order valence-electron chi connectivity index (χ0n) is 23.6. The van der Waals surface area contributed by atoms with Crippen molar-refractivity contribution in [2.45, 2.75) is 56.6 Å². The molecule has 2 aliphatic heterocycles. The van der Waals surface area contributed by atoms with Gasteiger partial charge in [-0.25, -0.2) is 13.1 Å². The standard InChI is InChI=1S/C29H39ClN6O5S/c30-24-9-8-22(18-31)23(17-24)19-33-28(38)26-7-4-14-36(26)29(39)25(10-11-27(37)35-15-12-32-13-16-35)34-42(40,41)20-21-5-2-1-3-6-21/h1-3,5-6,8-9,17,25-26,32,34H,4,7,10-16,18-20,31H2,(H,33,38). The Hall–Kier alpha value is -3.03. The Morgan fingerprint density at radius 2 is 1.79 bits per heavy atom. The van der Waals surface area contributed by atoms with E-state index in [1.54, 1.807) is 47.4 Å². The van der Waals surface area contributed by atoms with Crippen LogP contribution in [0.3, 0.4) is 0 Å². The highest BCUT2D eigenvalue weighted by Gasteiger charge is 2.38. The van der Waals surface area contributed by atoms with E-state index >= 15 is 0 Å². The van der Waals surface area contributed by atoms with Crippen molar-refractivity contribution in [1.82, 2.24) is 25.2 Å². The van der Waals surface area contributed by atoms with Crippen LogP contribution in [0.4, 0.5) is 0 Å². The predicted molar refractivity (Wildman–Crippen MR) is 161 cm³/mol. The number of hydrogen-bond donors (Lipinski definition) is 4. The number of hydrogen-bond acceptors (Lipinski definition) is 7. The Bertz CT molecular complexity index is 1350. The van der Waals surface area contributed by atoms with Gasteiger partial charge in [-0.1, -0.05) is 48.0 Å². The maximum absolute atomic E-state index is 13.8. The summed E-state index contributed by atoms with van der Waals surface area (Å²) in [5, 5.41) is 6.60. The molecule has 2 aliphatic rings. The van der Waals surface area contributed by atoms with Crippen LogP contribution in [0.2, 0.25) is 5.02 Å². The molecule has 0 bridgehead atoms. The highest BCUT2D eigenvalue weighted by atomic mass is 35.5. The smallest absolute Gasteiger partial charge is 0.243 e. The molecule has 3 amide bonds. The molecule has 4 rings (SSSR count). The number of carbonyl (C=O) groups is 3. The zero-order valence-corrected chi connectivity index (χ0v) is 25.1. The van der Waals surface area contributed by atoms with Crippen molar-refractivity contribution in [1.29, 1.82) is 0 Å². The topological polar surface area (TPSA) is 154 Å². The third-order valence-corrected chi connectivity index (χ3v) is 9.21. The average Bonchev–Trinajstić information content (AvgIpc) is 3.48. The first-order valence-corrected chi connectivity index (χ1v) is 16.3. The number of likely N-dealkylation sites (tertiary alicyclic amines) is 1. The molecular weight excluding hydrogens is 580 g/mol. The molecule has 2 aromatic rings. The molecule has 2 atom stereocenters. The molecule has 2 fully saturated rings. The Labute approximate surface area is 252 Å². The van der Waals surface area contributed by atoms with Gasteiger partial charge in [-0.05, 0) is 48.1 Å². The number of rotatable bonds is 12. The highest BCUT2D eigenvalue weighted by Crippen LogP contribution is 2.22. The van der Waals surface area contributed by atoms with E-state index in [4.69, 9.17) is 17.3 Å². The van der Waals surface area contributed by atoms with Gasteiger partial charge in [-0.15, -0.1) is 0 Å². The Morgan fingerprint density at radius 3 is 2.50 bits per heavy atom. The van der Waals surface area contributed by atoms with Crippen LogP contribution in [0.1, 0.15) is 42.4 Å². The van der Waals surface area contributed by atoms with Crippen molar-refractivity contribution in [3.8, 4) is 0 Å². The SMILES string of the molecule is NCc1ccc(Cl)cc1CNC(=O)C1CCCN1C(=O)C(CCC(=O)N1CCNCC1)NS(=O)(=O)Cc1ccccc1. The second-order valence-electron chi connectivity index (χ2n) is 10.6. The number of nitrogens with two attached hydrogens (primary N) is 1. The van der Waals surface area contributed by atoms with Gasteiger partial charge in [0.1, 0.15) is 12.1 Å². The Morgan fingerprint density at radius 1 is 1.05 bits per heavy atom. The highest BCUT2D eigenvalue weighted by molar-refractivity contribution is 7.88. The van der Waals surface area contributed by atoms with Crippen molar-refractivity contribution in [3.05, 3.63) is 70.2 Å². The normalized spacial score (nSPS) is 18.1. The molecule has 0 radical (unpaired) electrons. The lowest BCUT2D eigenvalue weighted by atomic mass is 10.1. The predicted octanol–water partition coefficient (Wildman–Crippen LogP) is 1.11. The van der Waals surface area contributed by atoms with E-state index in [0.717, 1.165) is 11.1 Å². The summed E-state index contributed by atoms with van der Waals surface area (Å²) in [7, 11) is -3.93. The summed E-state index contributed by atoms with van der Waals surface area (Å²) in [5.74, 6) is -1.30. The minimum Gasteiger partial charge on any atom is -0.350 e. The third kappa shape index (κ3) is 8.74. The maximum Gasteiger partial charge on any atom is 0.243 e. The summed E-state index contributed by atoms with van der Waals surface area (Å²) >= 11 is 6.13. The van der Waals surface area contributed by atoms with E-state index in [0.29, 0.717) is 56.2 Å². The molecule has 2 saturated heterocycles. The van der Waals surface area contributed by atoms with Crippen LogP contribution in [-0.2, 0) is 43.2 Å². The summed E-state index contributed by atoms with van der Waals surface area (Å²) in [6.07, 6.45) is 1.03. The summed E-state index contributed by atoms with van der Waals surface area (Å²) < 4.78 is 28.9. The van der Waals surface area contributed by atoms with Gasteiger partial charge < -0.3 is 26.2 Å². The van der Waals surface area contributed by atoms with Gasteiger partial charge in [0.25, 0.3) is 0 Å². The largest absolute Gasteiger partial charge is 0.350 e. The number of halogens is 1. The fourth-order valence-electron chi connectivity index (χ4n) is 5.39. The average molecular weight is 619 g/mol. The third-order valence-electron chi connectivity index (χ3n) is 7.62. The van der Waals surface area contributed by atoms with E-state index in [1.807, 2.05) is 6.07 Å². The molecule has 0 spiro atoms. The van der Waals surface area contributed by atoms with Crippen LogP contribution in [0, 0.1) is 0 Å². The van der Waals surface area contributed by atoms with Gasteiger partial charge in [0.15, 0.2) is 0 Å². The molecule has 2 aromatic carbocycles. The van der Waals surface area contributed by atoms with Gasteiger partial charge in [0, 0.05) is 57.3 Å². The van der Waals surface area contributed by atoms with Crippen LogP contribution in [0.5, 0.6) is 0 Å². The molecule has 11 nitrogen and oxygen atoms in total. The van der Waals surface area contributed by atoms with Gasteiger partial charge in [-0.2, -0.15) is 0 Å². The number of nitrogens with one attached hydrogen (secondary N) is 3. The van der Waals surface area contributed by atoms with Gasteiger partial charge in [-0.3, -0.25) is 14.4 Å². The fraction of sp³-hybridized carbons (Fsp3) is 0.483. The summed E-state index contributed by atoms with van der Waals surface area (Å²) in [5.41, 5.74) is 8.03. The number of piperazine rings is 1. The molecular formula is C29H39ClN6O5S. The van der Waals surface area contributed by atoms with Crippen molar-refractivity contribution < 1.29 is 22.8 Å². The lowest BCUT2D eigenvalue weighted by Gasteiger charge is -2.30. The first-order chi connectivity index (χ1) is 20.2. The molecule has 42 heavy (non-hydrogen) atoms. The van der Waals surface area contributed by atoms with E-state index in [1.165, 1.54) is 4.90 Å². The molecule has 0 aromatic heterocycles. The molecule has 5 N–H and O–H groups in total. The van der Waals surface area contributed by atoms with Crippen LogP contribution < -0.4 is 21.1 Å². The van der Waals surface area contributed by atoms with Crippen LogP contribution >= 0.6 is 11.6 Å². The lowest BCUT2D eigenvalue weighted by Crippen LogP contribution is -2.54. The van der Waals surface area contributed by atoms with Crippen LogP contribution in [-0.4, -0.2) is 80.7 Å². The number of benzene rings is 2. The molecule has 13 heteroatoms. The molecule has 2 heterocycles. The minimum atomic E-state index is -3.93. The molecule has 0 saturated carbocycles. The zero-order chi connectivity index (χ0) is 30.1. The van der Waals surface area contributed by atoms with E-state index in [2.05, 4.69) is 15.4 Å². The summed E-state index contributed by atoms with van der Waals surface area (Å²) in [4.78, 5) is 43.1. The number of nitrogens with zero attached hydrogens (tertiary/aromatic N) is 2. The van der Waals surface area contributed by atoms with Crippen molar-refractivity contribution in [2.75, 3.05) is 32.7 Å². The molecule has 228 valence electrons. The fourth-order valence-corrected chi connectivity index (χ4v) is 6.95.